The van der Waals surface area contributed by atoms with E-state index < -0.39 is 0 Å². The van der Waals surface area contributed by atoms with Crippen molar-refractivity contribution in [3.63, 3.8) is 0 Å². The Kier molecular flexibility index (Phi) is 1.69. The van der Waals surface area contributed by atoms with E-state index in [0.29, 0.717) is 5.84 Å². The van der Waals surface area contributed by atoms with Gasteiger partial charge in [0.1, 0.15) is 5.84 Å². The molecule has 0 aromatic carbocycles. The van der Waals surface area contributed by atoms with Gasteiger partial charge in [0.2, 0.25) is 0 Å². The van der Waals surface area contributed by atoms with Crippen molar-refractivity contribution < 1.29 is 5.11 Å². The van der Waals surface area contributed by atoms with Gasteiger partial charge in [0, 0.05) is 0 Å². The smallest absolute Gasteiger partial charge is 0.311 e. The molecule has 0 amide bonds. The Morgan fingerprint density at radius 1 is 1.54 bits per heavy atom. The number of hydrogen-bond acceptors (Lipinski definition) is 3. The molecule has 2 aliphatic rings. The SMILES string of the molecule is CC1=CC2N=C(O)N=C(N)C2C=C1. The third-order valence-electron chi connectivity index (χ3n) is 2.20. The molecule has 3 N–H and O–H groups in total. The van der Waals surface area contributed by atoms with E-state index in [0.717, 1.165) is 5.57 Å². The van der Waals surface area contributed by atoms with E-state index in [2.05, 4.69) is 9.98 Å². The van der Waals surface area contributed by atoms with E-state index in [1.807, 2.05) is 25.2 Å². The summed E-state index contributed by atoms with van der Waals surface area (Å²) in [7, 11) is 0. The molecule has 0 bridgehead atoms. The average Bonchev–Trinajstić information content (AvgIpc) is 2.02. The van der Waals surface area contributed by atoms with E-state index >= 15 is 0 Å². The molecular weight excluding hydrogens is 166 g/mol. The Hall–Kier alpha value is -1.58. The number of amidine groups is 2. The second-order valence-corrected chi connectivity index (χ2v) is 3.25. The first-order valence-corrected chi connectivity index (χ1v) is 4.14. The molecule has 2 atom stereocenters. The van der Waals surface area contributed by atoms with Crippen molar-refractivity contribution in [3.8, 4) is 0 Å². The highest BCUT2D eigenvalue weighted by Crippen LogP contribution is 2.22. The molecule has 0 fully saturated rings. The molecule has 0 saturated carbocycles. The highest BCUT2D eigenvalue weighted by Gasteiger charge is 2.26. The first-order valence-electron chi connectivity index (χ1n) is 4.14. The predicted octanol–water partition coefficient (Wildman–Crippen LogP) is 0.772. The van der Waals surface area contributed by atoms with E-state index in [1.54, 1.807) is 0 Å². The first-order chi connectivity index (χ1) is 6.16. The fraction of sp³-hybridized carbons (Fsp3) is 0.333. The number of fused-ring (bicyclic) bond motifs is 1. The summed E-state index contributed by atoms with van der Waals surface area (Å²) in [6.07, 6.45) is 5.93. The van der Waals surface area contributed by atoms with Crippen LogP contribution in [0.2, 0.25) is 0 Å². The summed E-state index contributed by atoms with van der Waals surface area (Å²) < 4.78 is 0. The monoisotopic (exact) mass is 177 g/mol. The molecular formula is C9H11N3O. The lowest BCUT2D eigenvalue weighted by molar-refractivity contribution is 0.519. The number of hydrogen-bond donors (Lipinski definition) is 2. The van der Waals surface area contributed by atoms with Crippen molar-refractivity contribution in [1.82, 2.24) is 0 Å². The summed E-state index contributed by atoms with van der Waals surface area (Å²) in [5.41, 5.74) is 6.79. The maximum atomic E-state index is 9.13. The molecule has 0 aromatic heterocycles. The quantitative estimate of drug-likeness (QED) is 0.573. The van der Waals surface area contributed by atoms with Crippen LogP contribution in [-0.2, 0) is 0 Å². The second kappa shape index (κ2) is 2.73. The third-order valence-corrected chi connectivity index (χ3v) is 2.20. The maximum absolute atomic E-state index is 9.13. The van der Waals surface area contributed by atoms with E-state index in [-0.39, 0.29) is 18.0 Å². The number of nitrogens with two attached hydrogens (primary N) is 1. The molecule has 0 aromatic rings. The largest absolute Gasteiger partial charge is 0.479 e. The van der Waals surface area contributed by atoms with Gasteiger partial charge in [-0.25, -0.2) is 4.99 Å². The van der Waals surface area contributed by atoms with Gasteiger partial charge in [0.25, 0.3) is 0 Å². The minimum Gasteiger partial charge on any atom is -0.479 e. The Balaban J connectivity index is 2.37. The summed E-state index contributed by atoms with van der Waals surface area (Å²) in [6.45, 7) is 1.99. The van der Waals surface area contributed by atoms with Crippen molar-refractivity contribution in [2.24, 2.45) is 21.6 Å². The number of allylic oxidation sites excluding steroid dienone is 2. The van der Waals surface area contributed by atoms with Crippen LogP contribution < -0.4 is 5.73 Å². The Labute approximate surface area is 76.2 Å². The molecule has 0 radical (unpaired) electrons. The van der Waals surface area contributed by atoms with Crippen molar-refractivity contribution >= 4 is 11.9 Å². The Morgan fingerprint density at radius 2 is 2.31 bits per heavy atom. The topological polar surface area (TPSA) is 71.0 Å². The van der Waals surface area contributed by atoms with Gasteiger partial charge in [0.05, 0.1) is 12.0 Å². The molecule has 68 valence electrons. The van der Waals surface area contributed by atoms with Gasteiger partial charge in [-0.1, -0.05) is 23.8 Å². The minimum atomic E-state index is -0.224. The highest BCUT2D eigenvalue weighted by molar-refractivity contribution is 5.97. The fourth-order valence-electron chi connectivity index (χ4n) is 1.54. The molecule has 13 heavy (non-hydrogen) atoms. The van der Waals surface area contributed by atoms with Crippen LogP contribution in [0.15, 0.2) is 33.8 Å². The molecule has 1 aliphatic heterocycles. The summed E-state index contributed by atoms with van der Waals surface area (Å²) in [4.78, 5) is 7.69. The van der Waals surface area contributed by atoms with Crippen molar-refractivity contribution in [2.45, 2.75) is 13.0 Å². The summed E-state index contributed by atoms with van der Waals surface area (Å²) in [5, 5.41) is 9.13. The van der Waals surface area contributed by atoms with Crippen molar-refractivity contribution in [3.05, 3.63) is 23.8 Å². The number of rotatable bonds is 0. The lowest BCUT2D eigenvalue weighted by Gasteiger charge is -2.24. The molecule has 2 unspecified atom stereocenters. The van der Waals surface area contributed by atoms with E-state index in [4.69, 9.17) is 10.8 Å². The third kappa shape index (κ3) is 1.35. The lowest BCUT2D eigenvalue weighted by atomic mass is 9.91. The van der Waals surface area contributed by atoms with Crippen LogP contribution in [0, 0.1) is 5.92 Å². The van der Waals surface area contributed by atoms with Crippen LogP contribution in [0.4, 0.5) is 0 Å². The van der Waals surface area contributed by atoms with Gasteiger partial charge < -0.3 is 10.8 Å². The van der Waals surface area contributed by atoms with Crippen molar-refractivity contribution in [1.29, 1.82) is 0 Å². The van der Waals surface area contributed by atoms with Gasteiger partial charge >= 0.3 is 6.02 Å². The number of aliphatic hydroxyl groups excluding tert-OH is 1. The minimum absolute atomic E-state index is 0.0135. The summed E-state index contributed by atoms with van der Waals surface area (Å²) in [5.74, 6) is 0.442. The zero-order chi connectivity index (χ0) is 9.42. The van der Waals surface area contributed by atoms with Crippen LogP contribution in [-0.4, -0.2) is 23.0 Å². The number of nitrogens with zero attached hydrogens (tertiary/aromatic N) is 2. The molecule has 4 nitrogen and oxygen atoms in total. The van der Waals surface area contributed by atoms with E-state index in [9.17, 15) is 0 Å². The zero-order valence-corrected chi connectivity index (χ0v) is 7.31. The van der Waals surface area contributed by atoms with Crippen LogP contribution in [0.25, 0.3) is 0 Å². The highest BCUT2D eigenvalue weighted by atomic mass is 16.3. The van der Waals surface area contributed by atoms with Gasteiger partial charge in [-0.05, 0) is 6.92 Å². The first kappa shape index (κ1) is 8.04. The predicted molar refractivity (Wildman–Crippen MR) is 51.9 cm³/mol. The van der Waals surface area contributed by atoms with Crippen LogP contribution >= 0.6 is 0 Å². The van der Waals surface area contributed by atoms with Crippen LogP contribution in [0.5, 0.6) is 0 Å². The maximum Gasteiger partial charge on any atom is 0.311 e. The lowest BCUT2D eigenvalue weighted by Crippen LogP contribution is -2.36. The number of aliphatic hydroxyl groups is 1. The summed E-state index contributed by atoms with van der Waals surface area (Å²) in [6, 6.07) is -0.305. The Bertz CT molecular complexity index is 352. The van der Waals surface area contributed by atoms with Crippen molar-refractivity contribution in [2.75, 3.05) is 0 Å². The summed E-state index contributed by atoms with van der Waals surface area (Å²) >= 11 is 0. The Morgan fingerprint density at radius 3 is 3.08 bits per heavy atom. The molecule has 0 saturated heterocycles. The standard InChI is InChI=1S/C9H11N3O/c1-5-2-3-6-7(4-5)11-9(13)12-8(6)10/h2-4,6-7H,1H3,(H3,10,11,12,13). The molecule has 4 heteroatoms. The van der Waals surface area contributed by atoms with Gasteiger partial charge in [-0.15, -0.1) is 0 Å². The molecule has 2 rings (SSSR count). The zero-order valence-electron chi connectivity index (χ0n) is 7.31. The second-order valence-electron chi connectivity index (χ2n) is 3.25. The average molecular weight is 177 g/mol. The van der Waals surface area contributed by atoms with Gasteiger partial charge in [-0.3, -0.25) is 0 Å². The molecule has 1 aliphatic carbocycles. The molecule has 1 heterocycles. The van der Waals surface area contributed by atoms with Crippen LogP contribution in [0.1, 0.15) is 6.92 Å². The molecule has 0 spiro atoms. The van der Waals surface area contributed by atoms with Gasteiger partial charge in [0.15, 0.2) is 0 Å². The number of aliphatic imine (C=N–C) groups is 2. The normalized spacial score (nSPS) is 31.6. The fourth-order valence-corrected chi connectivity index (χ4v) is 1.54. The van der Waals surface area contributed by atoms with Crippen LogP contribution in [0.3, 0.4) is 0 Å². The van der Waals surface area contributed by atoms with E-state index in [1.165, 1.54) is 0 Å². The van der Waals surface area contributed by atoms with Gasteiger partial charge in [-0.2, -0.15) is 4.99 Å².